The van der Waals surface area contributed by atoms with Crippen molar-refractivity contribution in [3.05, 3.63) is 71.3 Å². The fourth-order valence-corrected chi connectivity index (χ4v) is 3.31. The Kier molecular flexibility index (Phi) is 4.31. The van der Waals surface area contributed by atoms with Crippen LogP contribution in [0.5, 0.6) is 0 Å². The monoisotopic (exact) mass is 392 g/mol. The van der Waals surface area contributed by atoms with Crippen LogP contribution >= 0.6 is 22.6 Å². The van der Waals surface area contributed by atoms with Crippen molar-refractivity contribution in [2.45, 2.75) is 26.2 Å². The van der Waals surface area contributed by atoms with Crippen molar-refractivity contribution < 1.29 is 9.47 Å². The SMILES string of the molecule is CC(C)OC1OC(c2ccccc2)=C(I)c2ccccc21. The lowest BCUT2D eigenvalue weighted by molar-refractivity contribution is -0.127. The highest BCUT2D eigenvalue weighted by atomic mass is 127. The summed E-state index contributed by atoms with van der Waals surface area (Å²) in [4.78, 5) is 0. The second-order valence-electron chi connectivity index (χ2n) is 5.23. The van der Waals surface area contributed by atoms with E-state index in [-0.39, 0.29) is 12.4 Å². The zero-order chi connectivity index (χ0) is 14.8. The van der Waals surface area contributed by atoms with Gasteiger partial charge < -0.3 is 9.47 Å². The van der Waals surface area contributed by atoms with Crippen molar-refractivity contribution in [1.82, 2.24) is 0 Å². The van der Waals surface area contributed by atoms with Gasteiger partial charge in [-0.15, -0.1) is 0 Å². The van der Waals surface area contributed by atoms with Crippen LogP contribution in [0.25, 0.3) is 9.34 Å². The number of hydrogen-bond acceptors (Lipinski definition) is 2. The Morgan fingerprint density at radius 3 is 2.38 bits per heavy atom. The molecule has 0 fully saturated rings. The number of rotatable bonds is 3. The van der Waals surface area contributed by atoms with E-state index >= 15 is 0 Å². The third-order valence-electron chi connectivity index (χ3n) is 3.31. The third-order valence-corrected chi connectivity index (χ3v) is 4.38. The van der Waals surface area contributed by atoms with Crippen molar-refractivity contribution in [2.75, 3.05) is 0 Å². The predicted octanol–water partition coefficient (Wildman–Crippen LogP) is 5.40. The van der Waals surface area contributed by atoms with Gasteiger partial charge in [-0.2, -0.15) is 0 Å². The maximum atomic E-state index is 6.17. The maximum absolute atomic E-state index is 6.17. The molecule has 2 aromatic carbocycles. The zero-order valence-electron chi connectivity index (χ0n) is 12.0. The third kappa shape index (κ3) is 2.99. The summed E-state index contributed by atoms with van der Waals surface area (Å²) in [6.45, 7) is 4.05. The predicted molar refractivity (Wildman–Crippen MR) is 93.8 cm³/mol. The van der Waals surface area contributed by atoms with Gasteiger partial charge in [0.2, 0.25) is 6.29 Å². The molecule has 2 aromatic rings. The van der Waals surface area contributed by atoms with Crippen molar-refractivity contribution in [1.29, 1.82) is 0 Å². The molecule has 0 aliphatic carbocycles. The second kappa shape index (κ2) is 6.20. The molecule has 0 aromatic heterocycles. The van der Waals surface area contributed by atoms with Crippen LogP contribution in [0.4, 0.5) is 0 Å². The molecule has 0 amide bonds. The minimum atomic E-state index is -0.352. The fourth-order valence-electron chi connectivity index (χ4n) is 2.38. The summed E-state index contributed by atoms with van der Waals surface area (Å²) in [5, 5.41) is 0. The maximum Gasteiger partial charge on any atom is 0.227 e. The molecule has 0 saturated carbocycles. The van der Waals surface area contributed by atoms with E-state index in [9.17, 15) is 0 Å². The van der Waals surface area contributed by atoms with Crippen molar-refractivity contribution in [2.24, 2.45) is 0 Å². The average Bonchev–Trinajstić information content (AvgIpc) is 2.51. The lowest BCUT2D eigenvalue weighted by Gasteiger charge is -2.30. The number of fused-ring (bicyclic) bond motifs is 1. The normalized spacial score (nSPS) is 17.6. The van der Waals surface area contributed by atoms with Gasteiger partial charge in [0.05, 0.1) is 9.68 Å². The van der Waals surface area contributed by atoms with Gasteiger partial charge >= 0.3 is 0 Å². The van der Waals surface area contributed by atoms with E-state index < -0.39 is 0 Å². The summed E-state index contributed by atoms with van der Waals surface area (Å²) >= 11 is 2.36. The first-order valence-corrected chi connectivity index (χ1v) is 8.11. The Balaban J connectivity index is 2.09. The lowest BCUT2D eigenvalue weighted by Crippen LogP contribution is -2.18. The molecule has 0 radical (unpaired) electrons. The highest BCUT2D eigenvalue weighted by Crippen LogP contribution is 2.44. The van der Waals surface area contributed by atoms with Crippen molar-refractivity contribution >= 4 is 31.9 Å². The molecule has 3 rings (SSSR count). The van der Waals surface area contributed by atoms with Crippen LogP contribution in [-0.4, -0.2) is 6.10 Å². The second-order valence-corrected chi connectivity index (χ2v) is 6.31. The lowest BCUT2D eigenvalue weighted by atomic mass is 10.0. The highest BCUT2D eigenvalue weighted by Gasteiger charge is 2.28. The number of ether oxygens (including phenoxy) is 2. The van der Waals surface area contributed by atoms with E-state index in [4.69, 9.17) is 9.47 Å². The van der Waals surface area contributed by atoms with Crippen LogP contribution in [0, 0.1) is 0 Å². The van der Waals surface area contributed by atoms with Gasteiger partial charge in [0.25, 0.3) is 0 Å². The molecule has 1 unspecified atom stereocenters. The van der Waals surface area contributed by atoms with E-state index in [1.165, 1.54) is 5.56 Å². The van der Waals surface area contributed by atoms with Crippen LogP contribution in [0.1, 0.15) is 36.8 Å². The van der Waals surface area contributed by atoms with E-state index in [0.717, 1.165) is 20.5 Å². The Morgan fingerprint density at radius 2 is 1.67 bits per heavy atom. The van der Waals surface area contributed by atoms with Crippen molar-refractivity contribution in [3.63, 3.8) is 0 Å². The molecule has 1 atom stereocenters. The minimum absolute atomic E-state index is 0.107. The van der Waals surface area contributed by atoms with E-state index in [2.05, 4.69) is 52.9 Å². The van der Waals surface area contributed by atoms with Crippen LogP contribution in [0.15, 0.2) is 54.6 Å². The molecular formula is C18H17IO2. The molecular weight excluding hydrogens is 375 g/mol. The van der Waals surface area contributed by atoms with Crippen molar-refractivity contribution in [3.8, 4) is 0 Å². The van der Waals surface area contributed by atoms with E-state index in [0.29, 0.717) is 0 Å². The molecule has 0 N–H and O–H groups in total. The van der Waals surface area contributed by atoms with Gasteiger partial charge in [0.15, 0.2) is 0 Å². The first-order valence-electron chi connectivity index (χ1n) is 7.03. The van der Waals surface area contributed by atoms with Gasteiger partial charge in [-0.05, 0) is 36.4 Å². The standard InChI is InChI=1S/C18H17IO2/c1-12(2)20-18-15-11-7-6-10-14(15)16(19)17(21-18)13-8-4-3-5-9-13/h3-12,18H,1-2H3. The molecule has 0 spiro atoms. The number of hydrogen-bond donors (Lipinski definition) is 0. The topological polar surface area (TPSA) is 18.5 Å². The molecule has 1 aliphatic rings. The van der Waals surface area contributed by atoms with Crippen LogP contribution in [0.2, 0.25) is 0 Å². The van der Waals surface area contributed by atoms with Crippen LogP contribution < -0.4 is 0 Å². The fraction of sp³-hybridized carbons (Fsp3) is 0.222. The van der Waals surface area contributed by atoms with Crippen LogP contribution in [-0.2, 0) is 9.47 Å². The first kappa shape index (κ1) is 14.6. The molecule has 0 bridgehead atoms. The van der Waals surface area contributed by atoms with Crippen LogP contribution in [0.3, 0.4) is 0 Å². The van der Waals surface area contributed by atoms with Gasteiger partial charge in [0, 0.05) is 16.7 Å². The quantitative estimate of drug-likeness (QED) is 0.652. The molecule has 0 saturated heterocycles. The average molecular weight is 392 g/mol. The Morgan fingerprint density at radius 1 is 1.00 bits per heavy atom. The Labute approximate surface area is 138 Å². The highest BCUT2D eigenvalue weighted by molar-refractivity contribution is 14.1. The molecule has 3 heteroatoms. The van der Waals surface area contributed by atoms with Gasteiger partial charge in [-0.1, -0.05) is 54.6 Å². The molecule has 21 heavy (non-hydrogen) atoms. The van der Waals surface area contributed by atoms with Gasteiger partial charge in [-0.3, -0.25) is 0 Å². The van der Waals surface area contributed by atoms with Gasteiger partial charge in [0.1, 0.15) is 5.76 Å². The summed E-state index contributed by atoms with van der Waals surface area (Å²) in [5.74, 6) is 0.889. The van der Waals surface area contributed by atoms with Gasteiger partial charge in [-0.25, -0.2) is 0 Å². The smallest absolute Gasteiger partial charge is 0.227 e. The first-order chi connectivity index (χ1) is 10.2. The largest absolute Gasteiger partial charge is 0.459 e. The summed E-state index contributed by atoms with van der Waals surface area (Å²) in [6, 6.07) is 18.5. The summed E-state index contributed by atoms with van der Waals surface area (Å²) in [6.07, 6.45) is -0.245. The molecule has 1 aliphatic heterocycles. The Bertz CT molecular complexity index is 662. The zero-order valence-corrected chi connectivity index (χ0v) is 14.2. The van der Waals surface area contributed by atoms with E-state index in [1.54, 1.807) is 0 Å². The number of benzene rings is 2. The molecule has 1 heterocycles. The summed E-state index contributed by atoms with van der Waals surface area (Å²) < 4.78 is 13.3. The molecule has 108 valence electrons. The minimum Gasteiger partial charge on any atom is -0.459 e. The Hall–Kier alpha value is -1.33. The number of halogens is 1. The van der Waals surface area contributed by atoms with E-state index in [1.807, 2.05) is 38.1 Å². The summed E-state index contributed by atoms with van der Waals surface area (Å²) in [7, 11) is 0. The molecule has 2 nitrogen and oxygen atoms in total. The summed E-state index contributed by atoms with van der Waals surface area (Å²) in [5.41, 5.74) is 3.36.